The molecule has 0 unspecified atom stereocenters. The Kier molecular flexibility index (Phi) is 9.47. The monoisotopic (exact) mass is 438 g/mol. The van der Waals surface area contributed by atoms with Crippen LogP contribution in [-0.4, -0.2) is 41.1 Å². The zero-order chi connectivity index (χ0) is 21.9. The first-order chi connectivity index (χ1) is 15.2. The predicted molar refractivity (Wildman–Crippen MR) is 129 cm³/mol. The van der Waals surface area contributed by atoms with Crippen molar-refractivity contribution in [3.05, 3.63) is 71.8 Å². The van der Waals surface area contributed by atoms with E-state index in [2.05, 4.69) is 29.6 Å². The van der Waals surface area contributed by atoms with Gasteiger partial charge in [0.25, 0.3) is 0 Å². The molecule has 4 nitrogen and oxygen atoms in total. The summed E-state index contributed by atoms with van der Waals surface area (Å²) in [5.41, 5.74) is 2.39. The largest absolute Gasteiger partial charge is 0.352 e. The van der Waals surface area contributed by atoms with Crippen LogP contribution >= 0.6 is 11.8 Å². The van der Waals surface area contributed by atoms with Crippen LogP contribution in [-0.2, 0) is 21.8 Å². The fraction of sp³-hybridized carbons (Fsp3) is 0.462. The quantitative estimate of drug-likeness (QED) is 0.547. The van der Waals surface area contributed by atoms with Crippen molar-refractivity contribution in [2.45, 2.75) is 63.3 Å². The fourth-order valence-corrected chi connectivity index (χ4v) is 5.05. The number of carbonyl (C=O) groups excluding carboxylic acids is 2. The molecular weight excluding hydrogens is 404 g/mol. The lowest BCUT2D eigenvalue weighted by Gasteiger charge is -2.31. The Morgan fingerprint density at radius 3 is 2.23 bits per heavy atom. The van der Waals surface area contributed by atoms with Crippen molar-refractivity contribution >= 4 is 23.6 Å². The van der Waals surface area contributed by atoms with E-state index < -0.39 is 6.04 Å². The van der Waals surface area contributed by atoms with Crippen LogP contribution in [0.4, 0.5) is 0 Å². The number of hydrogen-bond acceptors (Lipinski definition) is 3. The number of thioether (sulfide) groups is 1. The van der Waals surface area contributed by atoms with Gasteiger partial charge >= 0.3 is 0 Å². The second-order valence-electron chi connectivity index (χ2n) is 8.22. The van der Waals surface area contributed by atoms with Gasteiger partial charge in [-0.3, -0.25) is 9.59 Å². The van der Waals surface area contributed by atoms with Crippen molar-refractivity contribution in [2.75, 3.05) is 12.3 Å². The molecule has 0 aromatic heterocycles. The molecule has 1 fully saturated rings. The van der Waals surface area contributed by atoms with Gasteiger partial charge in [-0.15, -0.1) is 11.8 Å². The third kappa shape index (κ3) is 7.42. The van der Waals surface area contributed by atoms with E-state index in [1.807, 2.05) is 48.2 Å². The summed E-state index contributed by atoms with van der Waals surface area (Å²) in [6.45, 7) is 2.56. The predicted octanol–water partition coefficient (Wildman–Crippen LogP) is 4.83. The number of nitrogens with zero attached hydrogens (tertiary/aromatic N) is 1. The molecule has 0 aliphatic heterocycles. The first kappa shape index (κ1) is 23.4. The minimum atomic E-state index is -0.408. The average Bonchev–Trinajstić information content (AvgIpc) is 3.31. The highest BCUT2D eigenvalue weighted by molar-refractivity contribution is 7.99. The molecule has 2 aromatic carbocycles. The van der Waals surface area contributed by atoms with Crippen molar-refractivity contribution < 1.29 is 9.59 Å². The lowest BCUT2D eigenvalue weighted by molar-refractivity contribution is -0.139. The molecule has 1 N–H and O–H groups in total. The fourth-order valence-electron chi connectivity index (χ4n) is 4.18. The summed E-state index contributed by atoms with van der Waals surface area (Å²) in [6, 6.07) is 20.2. The van der Waals surface area contributed by atoms with Crippen molar-refractivity contribution in [3.63, 3.8) is 0 Å². The van der Waals surface area contributed by atoms with Gasteiger partial charge in [0.1, 0.15) is 6.04 Å². The maximum absolute atomic E-state index is 13.2. The molecule has 5 heteroatoms. The number of nitrogens with one attached hydrogen (secondary N) is 1. The van der Waals surface area contributed by atoms with Crippen LogP contribution in [0.3, 0.4) is 0 Å². The highest BCUT2D eigenvalue weighted by Gasteiger charge is 2.30. The van der Waals surface area contributed by atoms with Crippen LogP contribution in [0.15, 0.2) is 60.7 Å². The Morgan fingerprint density at radius 1 is 1.00 bits per heavy atom. The highest BCUT2D eigenvalue weighted by Crippen LogP contribution is 2.19. The van der Waals surface area contributed by atoms with Gasteiger partial charge in [0.05, 0.1) is 5.75 Å². The molecule has 3 rings (SSSR count). The first-order valence-electron chi connectivity index (χ1n) is 11.4. The number of rotatable bonds is 11. The van der Waals surface area contributed by atoms with Gasteiger partial charge in [-0.25, -0.2) is 0 Å². The van der Waals surface area contributed by atoms with Crippen LogP contribution < -0.4 is 5.32 Å². The van der Waals surface area contributed by atoms with E-state index in [4.69, 9.17) is 0 Å². The topological polar surface area (TPSA) is 49.4 Å². The van der Waals surface area contributed by atoms with E-state index in [0.29, 0.717) is 18.7 Å². The SMILES string of the molecule is CC[C@@H](C(=O)NC1CCCC1)N(CCc1ccccc1)C(=O)CSCc1ccccc1. The van der Waals surface area contributed by atoms with E-state index in [1.165, 1.54) is 24.0 Å². The van der Waals surface area contributed by atoms with Crippen molar-refractivity contribution in [2.24, 2.45) is 0 Å². The highest BCUT2D eigenvalue weighted by atomic mass is 32.2. The minimum absolute atomic E-state index is 0.00358. The van der Waals surface area contributed by atoms with Gasteiger partial charge in [-0.05, 0) is 36.8 Å². The Bertz CT molecular complexity index is 807. The summed E-state index contributed by atoms with van der Waals surface area (Å²) < 4.78 is 0. The number of carbonyl (C=O) groups is 2. The lowest BCUT2D eigenvalue weighted by atomic mass is 10.1. The summed E-state index contributed by atoms with van der Waals surface area (Å²) in [4.78, 5) is 28.1. The summed E-state index contributed by atoms with van der Waals surface area (Å²) in [7, 11) is 0. The zero-order valence-corrected chi connectivity index (χ0v) is 19.3. The molecule has 2 amide bonds. The zero-order valence-electron chi connectivity index (χ0n) is 18.5. The molecule has 1 aliphatic carbocycles. The van der Waals surface area contributed by atoms with E-state index in [0.717, 1.165) is 25.0 Å². The van der Waals surface area contributed by atoms with Crippen molar-refractivity contribution in [1.82, 2.24) is 10.2 Å². The second-order valence-corrected chi connectivity index (χ2v) is 9.20. The average molecular weight is 439 g/mol. The maximum atomic E-state index is 13.2. The summed E-state index contributed by atoms with van der Waals surface area (Å²) >= 11 is 1.61. The molecular formula is C26H34N2O2S. The van der Waals surface area contributed by atoms with Gasteiger partial charge in [-0.1, -0.05) is 80.4 Å². The van der Waals surface area contributed by atoms with Gasteiger partial charge in [-0.2, -0.15) is 0 Å². The Balaban J connectivity index is 1.64. The van der Waals surface area contributed by atoms with E-state index in [-0.39, 0.29) is 17.9 Å². The number of amides is 2. The molecule has 0 saturated heterocycles. The van der Waals surface area contributed by atoms with Gasteiger partial charge in [0.2, 0.25) is 11.8 Å². The molecule has 0 bridgehead atoms. The molecule has 31 heavy (non-hydrogen) atoms. The van der Waals surface area contributed by atoms with E-state index in [9.17, 15) is 9.59 Å². The summed E-state index contributed by atoms with van der Waals surface area (Å²) in [6.07, 6.45) is 5.83. The van der Waals surface area contributed by atoms with E-state index >= 15 is 0 Å². The normalized spacial score (nSPS) is 14.9. The van der Waals surface area contributed by atoms with Gasteiger partial charge in [0, 0.05) is 18.3 Å². The standard InChI is InChI=1S/C26H34N2O2S/c1-2-24(26(30)27-23-15-9-10-16-23)28(18-17-21-11-5-3-6-12-21)25(29)20-31-19-22-13-7-4-8-14-22/h3-8,11-14,23-24H,2,9-10,15-20H2,1H3,(H,27,30)/t24-/m0/s1. The smallest absolute Gasteiger partial charge is 0.243 e. The van der Waals surface area contributed by atoms with Crippen LogP contribution in [0.25, 0.3) is 0 Å². The molecule has 0 radical (unpaired) electrons. The van der Waals surface area contributed by atoms with Crippen LogP contribution in [0.1, 0.15) is 50.2 Å². The first-order valence-corrected chi connectivity index (χ1v) is 12.6. The summed E-state index contributed by atoms with van der Waals surface area (Å²) in [5.74, 6) is 1.23. The molecule has 1 saturated carbocycles. The lowest BCUT2D eigenvalue weighted by Crippen LogP contribution is -2.52. The Labute approximate surface area is 190 Å². The molecule has 0 spiro atoms. The van der Waals surface area contributed by atoms with Crippen molar-refractivity contribution in [1.29, 1.82) is 0 Å². The van der Waals surface area contributed by atoms with Gasteiger partial charge < -0.3 is 10.2 Å². The Morgan fingerprint density at radius 2 is 1.61 bits per heavy atom. The van der Waals surface area contributed by atoms with E-state index in [1.54, 1.807) is 11.8 Å². The molecule has 1 atom stereocenters. The third-order valence-electron chi connectivity index (χ3n) is 5.91. The van der Waals surface area contributed by atoms with Crippen LogP contribution in [0, 0.1) is 0 Å². The van der Waals surface area contributed by atoms with Crippen molar-refractivity contribution in [3.8, 4) is 0 Å². The molecule has 2 aromatic rings. The summed E-state index contributed by atoms with van der Waals surface area (Å²) in [5, 5.41) is 3.21. The molecule has 1 aliphatic rings. The minimum Gasteiger partial charge on any atom is -0.352 e. The van der Waals surface area contributed by atoms with Crippen LogP contribution in [0.2, 0.25) is 0 Å². The third-order valence-corrected chi connectivity index (χ3v) is 6.90. The number of hydrogen-bond donors (Lipinski definition) is 1. The molecule has 166 valence electrons. The van der Waals surface area contributed by atoms with Gasteiger partial charge in [0.15, 0.2) is 0 Å². The Hall–Kier alpha value is -2.27. The maximum Gasteiger partial charge on any atom is 0.243 e. The second kappa shape index (κ2) is 12.6. The molecule has 0 heterocycles. The van der Waals surface area contributed by atoms with Crippen LogP contribution in [0.5, 0.6) is 0 Å². The number of benzene rings is 2.